The maximum absolute atomic E-state index is 7.94. The molecule has 0 aliphatic carbocycles. The number of aromatic nitrogens is 1. The molecule has 1 aromatic rings. The van der Waals surface area contributed by atoms with E-state index in [1.807, 2.05) is 0 Å². The molecule has 0 unspecified atom stereocenters. The average molecular weight is 241 g/mol. The Kier molecular flexibility index (Phi) is 1.59. The van der Waals surface area contributed by atoms with Crippen molar-refractivity contribution < 1.29 is 22.3 Å². The van der Waals surface area contributed by atoms with E-state index in [1.165, 1.54) is 0 Å². The summed E-state index contributed by atoms with van der Waals surface area (Å²) >= 11 is 0. The molecule has 0 aromatic carbocycles. The van der Waals surface area contributed by atoms with Crippen molar-refractivity contribution in [2.75, 3.05) is 7.04 Å². The van der Waals surface area contributed by atoms with Crippen LogP contribution < -0.4 is 10.2 Å². The van der Waals surface area contributed by atoms with Crippen molar-refractivity contribution in [1.29, 1.82) is 0 Å². The monoisotopic (exact) mass is 241 g/mol. The van der Waals surface area contributed by atoms with E-state index in [9.17, 15) is 0 Å². The summed E-state index contributed by atoms with van der Waals surface area (Å²) in [5, 5.41) is 0. The molecule has 1 aliphatic rings. The van der Waals surface area contributed by atoms with Gasteiger partial charge < -0.3 is 14.0 Å². The molecule has 17 heavy (non-hydrogen) atoms. The van der Waals surface area contributed by atoms with Crippen LogP contribution in [0.4, 0.5) is 0 Å². The molecule has 5 heteroatoms. The average Bonchev–Trinajstić information content (AvgIpc) is 2.53. The van der Waals surface area contributed by atoms with Gasteiger partial charge in [-0.15, -0.1) is 0 Å². The standard InChI is InChI=1S/C12H18BNO3/c1-11(2)12(3,4)17-13(16-11)9-8-14-7-6-10(9)15-5/h6-8H,1-5H3/i5D3,6D,7D,8D. The molecule has 2 heterocycles. The Morgan fingerprint density at radius 2 is 2.00 bits per heavy atom. The van der Waals surface area contributed by atoms with E-state index in [-0.39, 0.29) is 5.46 Å². The molecule has 0 spiro atoms. The van der Waals surface area contributed by atoms with Gasteiger partial charge in [0.25, 0.3) is 0 Å². The molecule has 0 amide bonds. The lowest BCUT2D eigenvalue weighted by molar-refractivity contribution is 0.00578. The molecule has 1 fully saturated rings. The molecule has 0 N–H and O–H groups in total. The predicted octanol–water partition coefficient (Wildman–Crippen LogP) is 1.39. The number of rotatable bonds is 2. The first-order valence-corrected chi connectivity index (χ1v) is 5.27. The van der Waals surface area contributed by atoms with Crippen molar-refractivity contribution in [2.45, 2.75) is 38.9 Å². The summed E-state index contributed by atoms with van der Waals surface area (Å²) in [7, 11) is -3.95. The molecule has 92 valence electrons. The van der Waals surface area contributed by atoms with Gasteiger partial charge in [-0.1, -0.05) is 0 Å². The molecule has 1 aromatic heterocycles. The summed E-state index contributed by atoms with van der Waals surface area (Å²) in [6.45, 7) is 7.20. The zero-order valence-electron chi connectivity index (χ0n) is 16.2. The van der Waals surface area contributed by atoms with Crippen LogP contribution in [0.1, 0.15) is 35.9 Å². The third-order valence-electron chi connectivity index (χ3n) is 3.24. The summed E-state index contributed by atoms with van der Waals surface area (Å²) in [6, 6.07) is -0.526. The number of pyridine rings is 1. The van der Waals surface area contributed by atoms with Crippen LogP contribution in [0, 0.1) is 0 Å². The summed E-state index contributed by atoms with van der Waals surface area (Å²) in [5.41, 5.74) is -1.53. The Balaban J connectivity index is 2.57. The lowest BCUT2D eigenvalue weighted by Crippen LogP contribution is -2.41. The van der Waals surface area contributed by atoms with Crippen LogP contribution in [0.3, 0.4) is 0 Å². The van der Waals surface area contributed by atoms with Crippen LogP contribution in [0.25, 0.3) is 0 Å². The van der Waals surface area contributed by atoms with Gasteiger partial charge in [0.15, 0.2) is 0 Å². The van der Waals surface area contributed by atoms with Gasteiger partial charge >= 0.3 is 7.12 Å². The fourth-order valence-electron chi connectivity index (χ4n) is 1.49. The largest absolute Gasteiger partial charge is 0.500 e. The normalized spacial score (nSPS) is 27.4. The van der Waals surface area contributed by atoms with Gasteiger partial charge in [-0.3, -0.25) is 4.98 Å². The maximum Gasteiger partial charge on any atom is 0.500 e. The predicted molar refractivity (Wildman–Crippen MR) is 66.5 cm³/mol. The summed E-state index contributed by atoms with van der Waals surface area (Å²) < 4.78 is 61.5. The van der Waals surface area contributed by atoms with Crippen molar-refractivity contribution in [3.63, 3.8) is 0 Å². The van der Waals surface area contributed by atoms with Crippen molar-refractivity contribution in [1.82, 2.24) is 4.98 Å². The molecule has 1 aliphatic heterocycles. The van der Waals surface area contributed by atoms with Crippen molar-refractivity contribution in [3.8, 4) is 5.75 Å². The van der Waals surface area contributed by atoms with Crippen LogP contribution in [0.5, 0.6) is 5.75 Å². The summed E-state index contributed by atoms with van der Waals surface area (Å²) in [5.74, 6) is -0.437. The first-order valence-electron chi connectivity index (χ1n) is 8.27. The lowest BCUT2D eigenvalue weighted by atomic mass is 9.79. The van der Waals surface area contributed by atoms with E-state index in [0.29, 0.717) is 0 Å². The van der Waals surface area contributed by atoms with Crippen LogP contribution in [0.2, 0.25) is 0 Å². The Labute approximate surface area is 111 Å². The highest BCUT2D eigenvalue weighted by Gasteiger charge is 2.52. The summed E-state index contributed by atoms with van der Waals surface area (Å²) in [6.07, 6.45) is -0.960. The van der Waals surface area contributed by atoms with Gasteiger partial charge in [0.05, 0.1) is 26.5 Å². The first kappa shape index (κ1) is 6.76. The Morgan fingerprint density at radius 3 is 2.59 bits per heavy atom. The third kappa shape index (κ3) is 2.05. The number of hydrogen-bond donors (Lipinski definition) is 0. The highest BCUT2D eigenvalue weighted by atomic mass is 16.7. The number of nitrogens with zero attached hydrogens (tertiary/aromatic N) is 1. The Bertz CT molecular complexity index is 618. The third-order valence-corrected chi connectivity index (χ3v) is 3.24. The van der Waals surface area contributed by atoms with Gasteiger partial charge in [0.1, 0.15) is 5.75 Å². The summed E-state index contributed by atoms with van der Waals surface area (Å²) in [4.78, 5) is 3.63. The smallest absolute Gasteiger partial charge is 0.497 e. The van der Waals surface area contributed by atoms with Gasteiger partial charge in [0.2, 0.25) is 0 Å². The maximum atomic E-state index is 7.94. The molecule has 0 bridgehead atoms. The molecular weight excluding hydrogens is 217 g/mol. The highest BCUT2D eigenvalue weighted by molar-refractivity contribution is 6.63. The van der Waals surface area contributed by atoms with Gasteiger partial charge in [0, 0.05) is 17.8 Å². The van der Waals surface area contributed by atoms with Crippen LogP contribution in [-0.4, -0.2) is 30.3 Å². The van der Waals surface area contributed by atoms with E-state index in [1.54, 1.807) is 27.7 Å². The fourth-order valence-corrected chi connectivity index (χ4v) is 1.49. The first-order chi connectivity index (χ1) is 10.3. The SMILES string of the molecule is [2H]c1nc([2H])c(B2OC(C)(C)C(C)(C)O2)c(OC([2H])([2H])[2H])c1[2H]. The van der Waals surface area contributed by atoms with E-state index < -0.39 is 49.5 Å². The molecule has 2 rings (SSSR count). The lowest BCUT2D eigenvalue weighted by Gasteiger charge is -2.32. The second-order valence-electron chi connectivity index (χ2n) is 4.89. The Hall–Kier alpha value is -1.07. The molecule has 4 nitrogen and oxygen atoms in total. The van der Waals surface area contributed by atoms with E-state index in [4.69, 9.17) is 22.3 Å². The van der Waals surface area contributed by atoms with E-state index in [2.05, 4.69) is 4.98 Å². The number of hydrogen-bond acceptors (Lipinski definition) is 4. The second-order valence-corrected chi connectivity index (χ2v) is 4.89. The van der Waals surface area contributed by atoms with Gasteiger partial charge in [-0.05, 0) is 33.7 Å². The zero-order valence-corrected chi connectivity index (χ0v) is 10.2. The van der Waals surface area contributed by atoms with Crippen molar-refractivity contribution in [3.05, 3.63) is 18.4 Å². The van der Waals surface area contributed by atoms with Crippen molar-refractivity contribution >= 4 is 12.6 Å². The van der Waals surface area contributed by atoms with Gasteiger partial charge in [-0.2, -0.15) is 0 Å². The quantitative estimate of drug-likeness (QED) is 0.733. The van der Waals surface area contributed by atoms with Crippen LogP contribution in [-0.2, 0) is 9.31 Å². The Morgan fingerprint density at radius 1 is 1.35 bits per heavy atom. The van der Waals surface area contributed by atoms with Gasteiger partial charge in [-0.25, -0.2) is 0 Å². The molecular formula is C12H18BNO3. The highest BCUT2D eigenvalue weighted by Crippen LogP contribution is 2.36. The molecule has 0 atom stereocenters. The van der Waals surface area contributed by atoms with Crippen LogP contribution >= 0.6 is 0 Å². The van der Waals surface area contributed by atoms with E-state index in [0.717, 1.165) is 0 Å². The minimum absolute atomic E-state index is 0.0965. The minimum Gasteiger partial charge on any atom is -0.497 e. The van der Waals surface area contributed by atoms with E-state index >= 15 is 0 Å². The number of methoxy groups -OCH3 is 1. The molecule has 0 radical (unpaired) electrons. The minimum atomic E-state index is -2.84. The fraction of sp³-hybridized carbons (Fsp3) is 0.583. The number of ether oxygens (including phenoxy) is 1. The topological polar surface area (TPSA) is 40.6 Å². The second kappa shape index (κ2) is 4.00. The van der Waals surface area contributed by atoms with Crippen molar-refractivity contribution in [2.24, 2.45) is 0 Å². The zero-order chi connectivity index (χ0) is 17.8. The molecule has 0 saturated carbocycles. The van der Waals surface area contributed by atoms with Crippen LogP contribution in [0.15, 0.2) is 18.4 Å². The molecule has 1 saturated heterocycles.